The van der Waals surface area contributed by atoms with Gasteiger partial charge in [0.05, 0.1) is 0 Å². The summed E-state index contributed by atoms with van der Waals surface area (Å²) in [6, 6.07) is 8.11. The van der Waals surface area contributed by atoms with Crippen LogP contribution in [0.3, 0.4) is 0 Å². The van der Waals surface area contributed by atoms with Crippen molar-refractivity contribution >= 4 is 17.5 Å². The quantitative estimate of drug-likeness (QED) is 0.799. The zero-order valence-electron chi connectivity index (χ0n) is 10.1. The van der Waals surface area contributed by atoms with Gasteiger partial charge in [0.2, 0.25) is 5.91 Å². The third-order valence-electron chi connectivity index (χ3n) is 3.03. The minimum atomic E-state index is -0.569. The standard InChI is InChI=1S/C14H18ClNO/c1-2-8-16-14(17)13(15)12-5-3-4-11(9-12)10-6-7-10/h3-5,9-10,13H,2,6-8H2,1H3,(H,16,17). The van der Waals surface area contributed by atoms with Gasteiger partial charge in [-0.05, 0) is 36.3 Å². The Labute approximate surface area is 107 Å². The van der Waals surface area contributed by atoms with Crippen molar-refractivity contribution in [1.82, 2.24) is 5.32 Å². The fourth-order valence-corrected chi connectivity index (χ4v) is 2.09. The first-order valence-corrected chi connectivity index (χ1v) is 6.67. The van der Waals surface area contributed by atoms with E-state index in [2.05, 4.69) is 17.4 Å². The molecule has 0 aliphatic heterocycles. The molecule has 1 aliphatic rings. The molecule has 3 heteroatoms. The van der Waals surface area contributed by atoms with Crippen molar-refractivity contribution in [1.29, 1.82) is 0 Å². The largest absolute Gasteiger partial charge is 0.355 e. The molecular weight excluding hydrogens is 234 g/mol. The Morgan fingerprint density at radius 1 is 1.53 bits per heavy atom. The molecule has 0 aromatic heterocycles. The minimum absolute atomic E-state index is 0.0959. The lowest BCUT2D eigenvalue weighted by molar-refractivity contribution is -0.120. The van der Waals surface area contributed by atoms with Crippen LogP contribution in [-0.4, -0.2) is 12.5 Å². The number of amides is 1. The number of halogens is 1. The smallest absolute Gasteiger partial charge is 0.242 e. The molecule has 2 nitrogen and oxygen atoms in total. The Morgan fingerprint density at radius 2 is 2.29 bits per heavy atom. The molecule has 0 heterocycles. The summed E-state index contributed by atoms with van der Waals surface area (Å²) in [5.74, 6) is 0.596. The van der Waals surface area contributed by atoms with Crippen LogP contribution in [0.4, 0.5) is 0 Å². The number of carbonyl (C=O) groups is 1. The number of carbonyl (C=O) groups excluding carboxylic acids is 1. The van der Waals surface area contributed by atoms with Gasteiger partial charge in [-0.15, -0.1) is 11.6 Å². The van der Waals surface area contributed by atoms with E-state index < -0.39 is 5.38 Å². The van der Waals surface area contributed by atoms with Gasteiger partial charge in [0.15, 0.2) is 0 Å². The fraction of sp³-hybridized carbons (Fsp3) is 0.500. The highest BCUT2D eigenvalue weighted by atomic mass is 35.5. The fourth-order valence-electron chi connectivity index (χ4n) is 1.88. The number of hydrogen-bond acceptors (Lipinski definition) is 1. The molecule has 17 heavy (non-hydrogen) atoms. The molecule has 1 unspecified atom stereocenters. The maximum Gasteiger partial charge on any atom is 0.242 e. The van der Waals surface area contributed by atoms with Crippen molar-refractivity contribution in [2.75, 3.05) is 6.54 Å². The van der Waals surface area contributed by atoms with Crippen molar-refractivity contribution in [3.8, 4) is 0 Å². The van der Waals surface area contributed by atoms with Gasteiger partial charge in [0.25, 0.3) is 0 Å². The second-order valence-electron chi connectivity index (χ2n) is 4.60. The first-order chi connectivity index (χ1) is 8.22. The lowest BCUT2D eigenvalue weighted by Gasteiger charge is -2.11. The molecule has 1 saturated carbocycles. The van der Waals surface area contributed by atoms with Crippen molar-refractivity contribution in [3.63, 3.8) is 0 Å². The lowest BCUT2D eigenvalue weighted by Crippen LogP contribution is -2.27. The normalized spacial score (nSPS) is 16.6. The number of rotatable bonds is 5. The summed E-state index contributed by atoms with van der Waals surface area (Å²) in [5, 5.41) is 2.25. The highest BCUT2D eigenvalue weighted by Gasteiger charge is 2.25. The van der Waals surface area contributed by atoms with Gasteiger partial charge in [-0.25, -0.2) is 0 Å². The van der Waals surface area contributed by atoms with E-state index in [1.54, 1.807) is 0 Å². The van der Waals surface area contributed by atoms with Crippen molar-refractivity contribution in [2.45, 2.75) is 37.5 Å². The first kappa shape index (κ1) is 12.4. The number of alkyl halides is 1. The SMILES string of the molecule is CCCNC(=O)C(Cl)c1cccc(C2CC2)c1. The number of hydrogen-bond donors (Lipinski definition) is 1. The molecule has 1 atom stereocenters. The van der Waals surface area contributed by atoms with Crippen LogP contribution in [0.2, 0.25) is 0 Å². The average Bonchev–Trinajstić information content (AvgIpc) is 3.19. The zero-order valence-corrected chi connectivity index (χ0v) is 10.8. The van der Waals surface area contributed by atoms with E-state index in [9.17, 15) is 4.79 Å². The van der Waals surface area contributed by atoms with Gasteiger partial charge in [0, 0.05) is 6.54 Å². The van der Waals surface area contributed by atoms with Crippen LogP contribution in [0.25, 0.3) is 0 Å². The maximum atomic E-state index is 11.8. The summed E-state index contributed by atoms with van der Waals surface area (Å²) in [6.07, 6.45) is 3.45. The van der Waals surface area contributed by atoms with E-state index in [4.69, 9.17) is 11.6 Å². The summed E-state index contributed by atoms with van der Waals surface area (Å²) in [6.45, 7) is 2.71. The van der Waals surface area contributed by atoms with E-state index in [-0.39, 0.29) is 5.91 Å². The predicted octanol–water partition coefficient (Wildman–Crippen LogP) is 3.37. The third-order valence-corrected chi connectivity index (χ3v) is 3.48. The summed E-state index contributed by atoms with van der Waals surface area (Å²) in [5.41, 5.74) is 2.22. The topological polar surface area (TPSA) is 29.1 Å². The van der Waals surface area contributed by atoms with Crippen LogP contribution in [0.15, 0.2) is 24.3 Å². The molecule has 1 aliphatic carbocycles. The van der Waals surface area contributed by atoms with E-state index in [0.29, 0.717) is 12.5 Å². The van der Waals surface area contributed by atoms with Crippen LogP contribution >= 0.6 is 11.6 Å². The van der Waals surface area contributed by atoms with Gasteiger partial charge < -0.3 is 5.32 Å². The molecule has 0 spiro atoms. The molecule has 0 bridgehead atoms. The molecule has 2 rings (SSSR count). The van der Waals surface area contributed by atoms with Crippen LogP contribution < -0.4 is 5.32 Å². The van der Waals surface area contributed by atoms with Crippen LogP contribution in [0, 0.1) is 0 Å². The van der Waals surface area contributed by atoms with Crippen molar-refractivity contribution in [3.05, 3.63) is 35.4 Å². The average molecular weight is 252 g/mol. The summed E-state index contributed by atoms with van der Waals surface area (Å²) >= 11 is 6.18. The van der Waals surface area contributed by atoms with E-state index in [1.165, 1.54) is 18.4 Å². The van der Waals surface area contributed by atoms with Gasteiger partial charge in [-0.1, -0.05) is 31.2 Å². The Morgan fingerprint density at radius 3 is 2.94 bits per heavy atom. The van der Waals surface area contributed by atoms with Crippen LogP contribution in [-0.2, 0) is 4.79 Å². The van der Waals surface area contributed by atoms with Gasteiger partial charge in [-0.3, -0.25) is 4.79 Å². The van der Waals surface area contributed by atoms with Crippen LogP contribution in [0.5, 0.6) is 0 Å². The summed E-state index contributed by atoms with van der Waals surface area (Å²) in [7, 11) is 0. The lowest BCUT2D eigenvalue weighted by atomic mass is 10.0. The number of benzene rings is 1. The third kappa shape index (κ3) is 3.22. The number of nitrogens with one attached hydrogen (secondary N) is 1. The zero-order chi connectivity index (χ0) is 12.3. The second-order valence-corrected chi connectivity index (χ2v) is 5.03. The molecular formula is C14H18ClNO. The summed E-state index contributed by atoms with van der Waals surface area (Å²) in [4.78, 5) is 11.8. The maximum absolute atomic E-state index is 11.8. The minimum Gasteiger partial charge on any atom is -0.355 e. The Bertz CT molecular complexity index is 401. The molecule has 92 valence electrons. The van der Waals surface area contributed by atoms with Crippen molar-refractivity contribution < 1.29 is 4.79 Å². The second kappa shape index (κ2) is 5.54. The molecule has 0 radical (unpaired) electrons. The highest BCUT2D eigenvalue weighted by Crippen LogP contribution is 2.40. The predicted molar refractivity (Wildman–Crippen MR) is 70.3 cm³/mol. The van der Waals surface area contributed by atoms with Gasteiger partial charge in [-0.2, -0.15) is 0 Å². The van der Waals surface area contributed by atoms with Crippen LogP contribution in [0.1, 0.15) is 48.6 Å². The van der Waals surface area contributed by atoms with Gasteiger partial charge >= 0.3 is 0 Å². The monoisotopic (exact) mass is 251 g/mol. The molecule has 0 saturated heterocycles. The Balaban J connectivity index is 2.04. The van der Waals surface area contributed by atoms with E-state index in [1.807, 2.05) is 19.1 Å². The Hall–Kier alpha value is -1.02. The van der Waals surface area contributed by atoms with Gasteiger partial charge in [0.1, 0.15) is 5.38 Å². The first-order valence-electron chi connectivity index (χ1n) is 6.24. The molecule has 1 N–H and O–H groups in total. The van der Waals surface area contributed by atoms with E-state index >= 15 is 0 Å². The van der Waals surface area contributed by atoms with Crippen molar-refractivity contribution in [2.24, 2.45) is 0 Å². The molecule has 1 fully saturated rings. The van der Waals surface area contributed by atoms with E-state index in [0.717, 1.165) is 12.0 Å². The molecule has 1 amide bonds. The highest BCUT2D eigenvalue weighted by molar-refractivity contribution is 6.30. The molecule has 1 aromatic carbocycles. The summed E-state index contributed by atoms with van der Waals surface area (Å²) < 4.78 is 0. The molecule has 1 aromatic rings. The Kier molecular flexibility index (Phi) is 4.06.